The van der Waals surface area contributed by atoms with E-state index in [1.165, 1.54) is 25.1 Å². The Bertz CT molecular complexity index is 790. The lowest BCUT2D eigenvalue weighted by Gasteiger charge is -2.13. The third kappa shape index (κ3) is 4.11. The van der Waals surface area contributed by atoms with Crippen molar-refractivity contribution in [2.45, 2.75) is 12.3 Å². The number of alkyl halides is 1. The number of carboxylic acids is 1. The Labute approximate surface area is 143 Å². The summed E-state index contributed by atoms with van der Waals surface area (Å²) in [7, 11) is 0. The Morgan fingerprint density at radius 1 is 0.917 bits per heavy atom. The number of aromatic carboxylic acids is 1. The number of carbonyl (C=O) groups excluding carboxylic acids is 2. The standard InChI is InChI=1S/C17H15ClN2O4/c1-10(18)15(21)19-13-8-4-2-6-11(13)16(22)20-14-9-5-3-7-12(14)17(23)24/h2-10H,1H3,(H,19,21)(H,20,22)(H,23,24). The van der Waals surface area contributed by atoms with Crippen LogP contribution in [-0.2, 0) is 4.79 Å². The molecule has 2 aromatic carbocycles. The second-order valence-corrected chi connectivity index (χ2v) is 5.61. The van der Waals surface area contributed by atoms with Crippen molar-refractivity contribution in [3.8, 4) is 0 Å². The SMILES string of the molecule is CC(Cl)C(=O)Nc1ccccc1C(=O)Nc1ccccc1C(=O)O. The number of hydrogen-bond donors (Lipinski definition) is 3. The first-order chi connectivity index (χ1) is 11.4. The smallest absolute Gasteiger partial charge is 0.337 e. The van der Waals surface area contributed by atoms with Gasteiger partial charge in [0.1, 0.15) is 5.38 Å². The number of halogens is 1. The zero-order valence-corrected chi connectivity index (χ0v) is 13.5. The molecule has 0 radical (unpaired) electrons. The fraction of sp³-hybridized carbons (Fsp3) is 0.118. The summed E-state index contributed by atoms with van der Waals surface area (Å²) < 4.78 is 0. The molecule has 124 valence electrons. The number of para-hydroxylation sites is 2. The molecule has 0 fully saturated rings. The molecule has 7 heteroatoms. The summed E-state index contributed by atoms with van der Waals surface area (Å²) in [5.74, 6) is -2.13. The molecule has 6 nitrogen and oxygen atoms in total. The van der Waals surface area contributed by atoms with Crippen molar-refractivity contribution < 1.29 is 19.5 Å². The quantitative estimate of drug-likeness (QED) is 0.724. The number of amides is 2. The minimum atomic E-state index is -1.15. The first-order valence-corrected chi connectivity index (χ1v) is 7.51. The van der Waals surface area contributed by atoms with Gasteiger partial charge in [0.2, 0.25) is 5.91 Å². The molecule has 1 atom stereocenters. The van der Waals surface area contributed by atoms with Crippen LogP contribution in [0.25, 0.3) is 0 Å². The van der Waals surface area contributed by atoms with Gasteiger partial charge in [-0.05, 0) is 31.2 Å². The van der Waals surface area contributed by atoms with Crippen LogP contribution in [0.4, 0.5) is 11.4 Å². The Hall–Kier alpha value is -2.86. The highest BCUT2D eigenvalue weighted by Crippen LogP contribution is 2.20. The van der Waals surface area contributed by atoms with Crippen LogP contribution in [0.3, 0.4) is 0 Å². The molecular weight excluding hydrogens is 332 g/mol. The molecule has 2 amide bonds. The van der Waals surface area contributed by atoms with Gasteiger partial charge in [-0.15, -0.1) is 11.6 Å². The first-order valence-electron chi connectivity index (χ1n) is 7.07. The summed E-state index contributed by atoms with van der Waals surface area (Å²) in [6, 6.07) is 12.4. The van der Waals surface area contributed by atoms with Gasteiger partial charge in [0, 0.05) is 0 Å². The van der Waals surface area contributed by atoms with Crippen LogP contribution in [0.5, 0.6) is 0 Å². The second kappa shape index (κ2) is 7.61. The van der Waals surface area contributed by atoms with E-state index in [9.17, 15) is 14.4 Å². The molecule has 2 rings (SSSR count). The van der Waals surface area contributed by atoms with E-state index in [1.54, 1.807) is 30.3 Å². The van der Waals surface area contributed by atoms with E-state index in [0.29, 0.717) is 5.69 Å². The minimum absolute atomic E-state index is 0.0262. The molecular formula is C17H15ClN2O4. The van der Waals surface area contributed by atoms with Crippen molar-refractivity contribution in [2.24, 2.45) is 0 Å². The average Bonchev–Trinajstić information content (AvgIpc) is 2.55. The van der Waals surface area contributed by atoms with Gasteiger partial charge in [0.25, 0.3) is 5.91 Å². The summed E-state index contributed by atoms with van der Waals surface area (Å²) in [6.07, 6.45) is 0. The molecule has 1 unspecified atom stereocenters. The monoisotopic (exact) mass is 346 g/mol. The molecule has 0 aliphatic carbocycles. The molecule has 0 aliphatic heterocycles. The van der Waals surface area contributed by atoms with Crippen LogP contribution in [0.1, 0.15) is 27.6 Å². The first kappa shape index (κ1) is 17.5. The van der Waals surface area contributed by atoms with Crippen molar-refractivity contribution in [3.05, 3.63) is 59.7 Å². The molecule has 0 saturated heterocycles. The third-order valence-electron chi connectivity index (χ3n) is 3.20. The number of carboxylic acid groups (broad SMARTS) is 1. The highest BCUT2D eigenvalue weighted by Gasteiger charge is 2.17. The van der Waals surface area contributed by atoms with Gasteiger partial charge in [-0.25, -0.2) is 4.79 Å². The summed E-state index contributed by atoms with van der Waals surface area (Å²) in [6.45, 7) is 1.52. The Kier molecular flexibility index (Phi) is 5.55. The van der Waals surface area contributed by atoms with Crippen LogP contribution in [0.2, 0.25) is 0 Å². The van der Waals surface area contributed by atoms with Crippen molar-refractivity contribution in [1.82, 2.24) is 0 Å². The summed E-state index contributed by atoms with van der Waals surface area (Å²) in [4.78, 5) is 35.4. The largest absolute Gasteiger partial charge is 0.478 e. The van der Waals surface area contributed by atoms with Crippen LogP contribution < -0.4 is 10.6 Å². The lowest BCUT2D eigenvalue weighted by Crippen LogP contribution is -2.23. The fourth-order valence-corrected chi connectivity index (χ4v) is 2.05. The number of benzene rings is 2. The maximum atomic E-state index is 12.5. The molecule has 0 aromatic heterocycles. The van der Waals surface area contributed by atoms with Gasteiger partial charge in [0.05, 0.1) is 22.5 Å². The van der Waals surface area contributed by atoms with E-state index in [1.807, 2.05) is 0 Å². The molecule has 0 aliphatic rings. The molecule has 0 spiro atoms. The summed E-state index contributed by atoms with van der Waals surface area (Å²) in [5, 5.41) is 13.5. The fourth-order valence-electron chi connectivity index (χ4n) is 1.99. The van der Waals surface area contributed by atoms with Gasteiger partial charge < -0.3 is 15.7 Å². The third-order valence-corrected chi connectivity index (χ3v) is 3.39. The zero-order valence-electron chi connectivity index (χ0n) is 12.7. The molecule has 3 N–H and O–H groups in total. The molecule has 24 heavy (non-hydrogen) atoms. The Morgan fingerprint density at radius 2 is 1.42 bits per heavy atom. The second-order valence-electron chi connectivity index (χ2n) is 4.96. The average molecular weight is 347 g/mol. The van der Waals surface area contributed by atoms with E-state index in [4.69, 9.17) is 16.7 Å². The van der Waals surface area contributed by atoms with Crippen LogP contribution in [0.15, 0.2) is 48.5 Å². The number of nitrogens with one attached hydrogen (secondary N) is 2. The van der Waals surface area contributed by atoms with Crippen LogP contribution in [0, 0.1) is 0 Å². The topological polar surface area (TPSA) is 95.5 Å². The molecule has 0 heterocycles. The van der Waals surface area contributed by atoms with Crippen LogP contribution in [-0.4, -0.2) is 28.3 Å². The van der Waals surface area contributed by atoms with E-state index in [0.717, 1.165) is 0 Å². The van der Waals surface area contributed by atoms with E-state index < -0.39 is 23.2 Å². The predicted molar refractivity (Wildman–Crippen MR) is 91.7 cm³/mol. The van der Waals surface area contributed by atoms with Gasteiger partial charge in [0.15, 0.2) is 0 Å². The minimum Gasteiger partial charge on any atom is -0.478 e. The molecule has 2 aromatic rings. The zero-order chi connectivity index (χ0) is 17.7. The number of carbonyl (C=O) groups is 3. The molecule has 0 saturated carbocycles. The number of hydrogen-bond acceptors (Lipinski definition) is 3. The maximum Gasteiger partial charge on any atom is 0.337 e. The van der Waals surface area contributed by atoms with E-state index >= 15 is 0 Å². The van der Waals surface area contributed by atoms with Gasteiger partial charge >= 0.3 is 5.97 Å². The van der Waals surface area contributed by atoms with Crippen molar-refractivity contribution >= 4 is 40.8 Å². The Morgan fingerprint density at radius 3 is 1.96 bits per heavy atom. The van der Waals surface area contributed by atoms with Crippen LogP contribution >= 0.6 is 11.6 Å². The lowest BCUT2D eigenvalue weighted by molar-refractivity contribution is -0.115. The Balaban J connectivity index is 2.28. The lowest BCUT2D eigenvalue weighted by atomic mass is 10.1. The van der Waals surface area contributed by atoms with Crippen molar-refractivity contribution in [3.63, 3.8) is 0 Å². The van der Waals surface area contributed by atoms with Gasteiger partial charge in [-0.1, -0.05) is 24.3 Å². The summed E-state index contributed by atoms with van der Waals surface area (Å²) >= 11 is 5.72. The summed E-state index contributed by atoms with van der Waals surface area (Å²) in [5.41, 5.74) is 0.632. The van der Waals surface area contributed by atoms with Crippen molar-refractivity contribution in [2.75, 3.05) is 10.6 Å². The highest BCUT2D eigenvalue weighted by molar-refractivity contribution is 6.32. The van der Waals surface area contributed by atoms with Gasteiger partial charge in [-0.3, -0.25) is 9.59 Å². The van der Waals surface area contributed by atoms with E-state index in [2.05, 4.69) is 10.6 Å². The molecule has 0 bridgehead atoms. The maximum absolute atomic E-state index is 12.5. The van der Waals surface area contributed by atoms with E-state index in [-0.39, 0.29) is 16.8 Å². The van der Waals surface area contributed by atoms with Crippen molar-refractivity contribution in [1.29, 1.82) is 0 Å². The number of anilines is 2. The van der Waals surface area contributed by atoms with Gasteiger partial charge in [-0.2, -0.15) is 0 Å². The normalized spacial score (nSPS) is 11.4. The predicted octanol–water partition coefficient (Wildman–Crippen LogP) is 3.20. The number of rotatable bonds is 5. The highest BCUT2D eigenvalue weighted by atomic mass is 35.5.